The molecule has 0 spiro atoms. The minimum absolute atomic E-state index is 0.0613. The number of rotatable bonds is 7. The van der Waals surface area contributed by atoms with E-state index in [1.807, 2.05) is 66.7 Å². The topological polar surface area (TPSA) is 121 Å². The van der Waals surface area contributed by atoms with Crippen molar-refractivity contribution in [1.29, 1.82) is 0 Å². The first kappa shape index (κ1) is 25.9. The highest BCUT2D eigenvalue weighted by atomic mass is 32.2. The fourth-order valence-electron chi connectivity index (χ4n) is 5.29. The normalized spacial score (nSPS) is 15.6. The fraction of sp³-hybridized carbons (Fsp3) is 0.161. The molecule has 1 aliphatic rings. The molecular weight excluding hydrogens is 522 g/mol. The van der Waals surface area contributed by atoms with E-state index >= 15 is 0 Å². The summed E-state index contributed by atoms with van der Waals surface area (Å²) in [6.45, 7) is 0.597. The van der Waals surface area contributed by atoms with Crippen LogP contribution in [-0.4, -0.2) is 34.6 Å². The van der Waals surface area contributed by atoms with Crippen LogP contribution in [0.4, 0.5) is 0 Å². The quantitative estimate of drug-likeness (QED) is 0.281. The zero-order chi connectivity index (χ0) is 27.7. The first-order valence-electron chi connectivity index (χ1n) is 13.1. The molecule has 1 aliphatic heterocycles. The maximum absolute atomic E-state index is 14.0. The molecule has 9 heteroatoms. The molecular formula is C31H29N5O3S. The van der Waals surface area contributed by atoms with Crippen molar-refractivity contribution in [1.82, 2.24) is 19.6 Å². The van der Waals surface area contributed by atoms with Crippen LogP contribution in [0.1, 0.15) is 22.5 Å². The fourth-order valence-corrected chi connectivity index (χ4v) is 6.85. The van der Waals surface area contributed by atoms with Crippen molar-refractivity contribution in [2.45, 2.75) is 37.0 Å². The lowest BCUT2D eigenvalue weighted by molar-refractivity contribution is -0.125. The molecule has 3 aromatic carbocycles. The third-order valence-corrected chi connectivity index (χ3v) is 9.26. The van der Waals surface area contributed by atoms with E-state index in [1.54, 1.807) is 30.5 Å². The van der Waals surface area contributed by atoms with Crippen LogP contribution < -0.4 is 11.1 Å². The number of fused-ring (bicyclic) bond motifs is 3. The van der Waals surface area contributed by atoms with Crippen molar-refractivity contribution in [3.8, 4) is 11.1 Å². The predicted molar refractivity (Wildman–Crippen MR) is 154 cm³/mol. The lowest BCUT2D eigenvalue weighted by Crippen LogP contribution is -2.52. The van der Waals surface area contributed by atoms with Crippen LogP contribution in [0.5, 0.6) is 0 Å². The number of pyridine rings is 1. The molecule has 40 heavy (non-hydrogen) atoms. The van der Waals surface area contributed by atoms with E-state index in [0.717, 1.165) is 38.9 Å². The van der Waals surface area contributed by atoms with Gasteiger partial charge < -0.3 is 16.0 Å². The number of hydrogen-bond acceptors (Lipinski definition) is 5. The minimum Gasteiger partial charge on any atom is -0.357 e. The zero-order valence-electron chi connectivity index (χ0n) is 21.7. The molecule has 4 N–H and O–H groups in total. The summed E-state index contributed by atoms with van der Waals surface area (Å²) in [5.74, 6) is -0.375. The van der Waals surface area contributed by atoms with Crippen LogP contribution >= 0.6 is 0 Å². The van der Waals surface area contributed by atoms with Crippen LogP contribution in [0.25, 0.3) is 22.0 Å². The third-order valence-electron chi connectivity index (χ3n) is 7.39. The van der Waals surface area contributed by atoms with Crippen LogP contribution in [0.3, 0.4) is 0 Å². The average molecular weight is 552 g/mol. The number of H-pyrrole nitrogens is 1. The van der Waals surface area contributed by atoms with Crippen LogP contribution in [-0.2, 0) is 40.9 Å². The predicted octanol–water partition coefficient (Wildman–Crippen LogP) is 4.12. The number of nitrogens with one attached hydrogen (secondary N) is 2. The molecule has 2 aromatic heterocycles. The first-order chi connectivity index (χ1) is 19.4. The van der Waals surface area contributed by atoms with E-state index in [4.69, 9.17) is 5.73 Å². The molecule has 0 fully saturated rings. The molecule has 3 heterocycles. The number of carbonyl (C=O) groups excluding carboxylic acids is 1. The summed E-state index contributed by atoms with van der Waals surface area (Å²) in [5.41, 5.74) is 11.9. The van der Waals surface area contributed by atoms with Gasteiger partial charge in [-0.05, 0) is 52.6 Å². The summed E-state index contributed by atoms with van der Waals surface area (Å²) in [5, 5.41) is 3.91. The van der Waals surface area contributed by atoms with Crippen LogP contribution in [0, 0.1) is 0 Å². The molecule has 1 amide bonds. The lowest BCUT2D eigenvalue weighted by Gasteiger charge is -2.34. The van der Waals surface area contributed by atoms with Crippen molar-refractivity contribution < 1.29 is 13.2 Å². The number of hydrogen-bond donors (Lipinski definition) is 3. The number of nitrogens with two attached hydrogens (primary N) is 1. The number of sulfonamides is 1. The summed E-state index contributed by atoms with van der Waals surface area (Å²) in [4.78, 5) is 21.5. The number of benzene rings is 3. The lowest BCUT2D eigenvalue weighted by atomic mass is 9.98. The van der Waals surface area contributed by atoms with E-state index in [-0.39, 0.29) is 30.3 Å². The average Bonchev–Trinajstić information content (AvgIpc) is 3.37. The van der Waals surface area contributed by atoms with E-state index in [2.05, 4.69) is 15.3 Å². The molecule has 8 nitrogen and oxygen atoms in total. The van der Waals surface area contributed by atoms with E-state index in [1.165, 1.54) is 4.31 Å². The Hall–Kier alpha value is -4.31. The maximum Gasteiger partial charge on any atom is 0.244 e. The van der Waals surface area contributed by atoms with Gasteiger partial charge in [0.2, 0.25) is 15.9 Å². The molecule has 202 valence electrons. The second kappa shape index (κ2) is 10.7. The van der Waals surface area contributed by atoms with Gasteiger partial charge in [0.15, 0.2) is 0 Å². The van der Waals surface area contributed by atoms with Crippen molar-refractivity contribution >= 4 is 26.8 Å². The van der Waals surface area contributed by atoms with Crippen molar-refractivity contribution in [2.24, 2.45) is 5.73 Å². The van der Waals surface area contributed by atoms with Gasteiger partial charge in [0.25, 0.3) is 0 Å². The third kappa shape index (κ3) is 4.90. The van der Waals surface area contributed by atoms with Gasteiger partial charge in [0.05, 0.1) is 23.7 Å². The summed E-state index contributed by atoms with van der Waals surface area (Å²) in [6, 6.07) is 27.1. The van der Waals surface area contributed by atoms with Crippen molar-refractivity contribution in [3.63, 3.8) is 0 Å². The van der Waals surface area contributed by atoms with Gasteiger partial charge >= 0.3 is 0 Å². The molecule has 6 rings (SSSR count). The Bertz CT molecular complexity index is 1780. The maximum atomic E-state index is 14.0. The monoisotopic (exact) mass is 551 g/mol. The Morgan fingerprint density at radius 1 is 0.975 bits per heavy atom. The molecule has 0 saturated carbocycles. The summed E-state index contributed by atoms with van der Waals surface area (Å²) in [6.07, 6.45) is 1.90. The van der Waals surface area contributed by atoms with Crippen molar-refractivity contribution in [3.05, 3.63) is 120 Å². The van der Waals surface area contributed by atoms with Gasteiger partial charge in [-0.25, -0.2) is 8.42 Å². The van der Waals surface area contributed by atoms with Crippen LogP contribution in [0.15, 0.2) is 102 Å². The molecule has 0 bridgehead atoms. The molecule has 0 radical (unpaired) electrons. The minimum atomic E-state index is -4.01. The number of nitrogens with zero attached hydrogens (tertiary/aromatic N) is 2. The number of aromatic amines is 1. The van der Waals surface area contributed by atoms with Gasteiger partial charge in [-0.2, -0.15) is 4.31 Å². The highest BCUT2D eigenvalue weighted by molar-refractivity contribution is 7.89. The Morgan fingerprint density at radius 2 is 1.70 bits per heavy atom. The second-order valence-corrected chi connectivity index (χ2v) is 11.8. The summed E-state index contributed by atoms with van der Waals surface area (Å²) >= 11 is 0. The number of amides is 1. The number of aromatic nitrogens is 2. The summed E-state index contributed by atoms with van der Waals surface area (Å²) < 4.78 is 29.4. The van der Waals surface area contributed by atoms with Crippen molar-refractivity contribution in [2.75, 3.05) is 0 Å². The van der Waals surface area contributed by atoms with Gasteiger partial charge in [0, 0.05) is 35.8 Å². The Morgan fingerprint density at radius 3 is 2.48 bits per heavy atom. The highest BCUT2D eigenvalue weighted by Gasteiger charge is 2.41. The highest BCUT2D eigenvalue weighted by Crippen LogP contribution is 2.34. The molecule has 1 unspecified atom stereocenters. The van der Waals surface area contributed by atoms with Gasteiger partial charge in [-0.3, -0.25) is 9.78 Å². The first-order valence-corrected chi connectivity index (χ1v) is 14.6. The standard InChI is InChI=1S/C31H29N5O3S/c32-18-21-14-15-33-24(16-21)19-34-31(37)30-17-27-26-8-4-5-9-28(26)35-29(27)20-36(30)40(38,39)25-12-10-23(11-13-25)22-6-2-1-3-7-22/h1-16,30,35H,17-20,32H2,(H,34,37). The van der Waals surface area contributed by atoms with Crippen LogP contribution in [0.2, 0.25) is 0 Å². The van der Waals surface area contributed by atoms with E-state index in [0.29, 0.717) is 12.2 Å². The smallest absolute Gasteiger partial charge is 0.244 e. The number of carbonyl (C=O) groups is 1. The van der Waals surface area contributed by atoms with Gasteiger partial charge in [0.1, 0.15) is 6.04 Å². The molecule has 0 aliphatic carbocycles. The Labute approximate surface area is 232 Å². The van der Waals surface area contributed by atoms with E-state index < -0.39 is 16.1 Å². The van der Waals surface area contributed by atoms with E-state index in [9.17, 15) is 13.2 Å². The second-order valence-electron chi connectivity index (χ2n) is 9.87. The van der Waals surface area contributed by atoms with Gasteiger partial charge in [-0.1, -0.05) is 60.7 Å². The zero-order valence-corrected chi connectivity index (χ0v) is 22.6. The van der Waals surface area contributed by atoms with Gasteiger partial charge in [-0.15, -0.1) is 0 Å². The number of para-hydroxylation sites is 1. The Balaban J connectivity index is 1.33. The summed E-state index contributed by atoms with van der Waals surface area (Å²) in [7, 11) is -4.01. The Kier molecular flexibility index (Phi) is 6.93. The molecule has 0 saturated heterocycles. The largest absolute Gasteiger partial charge is 0.357 e. The SMILES string of the molecule is NCc1ccnc(CNC(=O)C2Cc3c([nH]c4ccccc34)CN2S(=O)(=O)c2ccc(-c3ccccc3)cc2)c1. The molecule has 5 aromatic rings. The molecule has 1 atom stereocenters.